The molecule has 0 fully saturated rings. The van der Waals surface area contributed by atoms with Crippen molar-refractivity contribution in [1.82, 2.24) is 0 Å². The van der Waals surface area contributed by atoms with E-state index in [1.165, 1.54) is 0 Å². The molecule has 2 rings (SSSR count). The van der Waals surface area contributed by atoms with Gasteiger partial charge in [0.2, 0.25) is 0 Å². The van der Waals surface area contributed by atoms with Gasteiger partial charge in [0, 0.05) is 0 Å². The summed E-state index contributed by atoms with van der Waals surface area (Å²) in [6.45, 7) is 2.00. The smallest absolute Gasteiger partial charge is 0.339 e. The van der Waals surface area contributed by atoms with Gasteiger partial charge in [0.1, 0.15) is 5.75 Å². The fourth-order valence-corrected chi connectivity index (χ4v) is 2.66. The van der Waals surface area contributed by atoms with Crippen LogP contribution in [-0.2, 0) is 22.4 Å². The van der Waals surface area contributed by atoms with Gasteiger partial charge in [-0.2, -0.15) is 0 Å². The van der Waals surface area contributed by atoms with Crippen LogP contribution in [0.25, 0.3) is 0 Å². The van der Waals surface area contributed by atoms with Gasteiger partial charge in [0.05, 0.1) is 13.7 Å². The van der Waals surface area contributed by atoms with E-state index in [1.807, 2.05) is 6.07 Å². The molecule has 0 aliphatic heterocycles. The van der Waals surface area contributed by atoms with E-state index in [0.29, 0.717) is 5.56 Å². The zero-order valence-electron chi connectivity index (χ0n) is 11.4. The minimum absolute atomic E-state index is 0.272. The molecule has 0 saturated carbocycles. The summed E-state index contributed by atoms with van der Waals surface area (Å²) in [5.41, 5.74) is 2.83. The van der Waals surface area contributed by atoms with E-state index in [9.17, 15) is 9.90 Å². The molecule has 0 radical (unpaired) electrons. The van der Waals surface area contributed by atoms with Crippen LogP contribution in [0, 0.1) is 0 Å². The third-order valence-electron chi connectivity index (χ3n) is 3.55. The van der Waals surface area contributed by atoms with Crippen molar-refractivity contribution in [3.8, 4) is 5.75 Å². The summed E-state index contributed by atoms with van der Waals surface area (Å²) in [6, 6.07) is 3.59. The van der Waals surface area contributed by atoms with E-state index in [0.717, 1.165) is 42.6 Å². The Morgan fingerprint density at radius 2 is 2.00 bits per heavy atom. The van der Waals surface area contributed by atoms with Gasteiger partial charge in [-0.15, -0.1) is 0 Å². The molecule has 0 heterocycles. The number of carbonyl (C=O) groups excluding carboxylic acids is 1. The van der Waals surface area contributed by atoms with Crippen molar-refractivity contribution in [2.24, 2.45) is 0 Å². The van der Waals surface area contributed by atoms with Gasteiger partial charge in [0.15, 0.2) is 6.10 Å². The zero-order chi connectivity index (χ0) is 13.8. The fourth-order valence-electron chi connectivity index (χ4n) is 2.66. The number of ether oxygens (including phenoxy) is 2. The predicted molar refractivity (Wildman–Crippen MR) is 71.2 cm³/mol. The number of hydrogen-bond acceptors (Lipinski definition) is 4. The third-order valence-corrected chi connectivity index (χ3v) is 3.55. The van der Waals surface area contributed by atoms with Crippen molar-refractivity contribution in [1.29, 1.82) is 0 Å². The molecule has 0 amide bonds. The minimum atomic E-state index is -1.20. The molecule has 1 aliphatic rings. The number of aliphatic hydroxyl groups excluding tert-OH is 1. The standard InChI is InChI=1S/C15H20O4/c1-3-19-15(17)14(16)12-8-9-13(18-2)11-7-5-4-6-10(11)12/h8-9,14,16H,3-7H2,1-2H3. The lowest BCUT2D eigenvalue weighted by Gasteiger charge is -2.23. The lowest BCUT2D eigenvalue weighted by atomic mass is 9.86. The van der Waals surface area contributed by atoms with Crippen LogP contribution in [0.15, 0.2) is 12.1 Å². The van der Waals surface area contributed by atoms with E-state index in [2.05, 4.69) is 0 Å². The van der Waals surface area contributed by atoms with Crippen molar-refractivity contribution < 1.29 is 19.4 Å². The second-order valence-corrected chi connectivity index (χ2v) is 4.68. The summed E-state index contributed by atoms with van der Waals surface area (Å²) < 4.78 is 10.2. The van der Waals surface area contributed by atoms with Crippen LogP contribution in [0.2, 0.25) is 0 Å². The first-order chi connectivity index (χ1) is 9.19. The maximum Gasteiger partial charge on any atom is 0.339 e. The number of methoxy groups -OCH3 is 1. The molecule has 1 atom stereocenters. The van der Waals surface area contributed by atoms with E-state index in [1.54, 1.807) is 20.1 Å². The van der Waals surface area contributed by atoms with Gasteiger partial charge in [-0.25, -0.2) is 4.79 Å². The van der Waals surface area contributed by atoms with Crippen LogP contribution in [0.4, 0.5) is 0 Å². The fraction of sp³-hybridized carbons (Fsp3) is 0.533. The van der Waals surface area contributed by atoms with Crippen molar-refractivity contribution in [3.05, 3.63) is 28.8 Å². The summed E-state index contributed by atoms with van der Waals surface area (Å²) in [5.74, 6) is 0.259. The van der Waals surface area contributed by atoms with Crippen LogP contribution in [0.3, 0.4) is 0 Å². The SMILES string of the molecule is CCOC(=O)C(O)c1ccc(OC)c2c1CCCC2. The summed E-state index contributed by atoms with van der Waals surface area (Å²) >= 11 is 0. The second-order valence-electron chi connectivity index (χ2n) is 4.68. The van der Waals surface area contributed by atoms with E-state index < -0.39 is 12.1 Å². The summed E-state index contributed by atoms with van der Waals surface area (Å²) in [7, 11) is 1.64. The Balaban J connectivity index is 2.38. The Hall–Kier alpha value is -1.55. The van der Waals surface area contributed by atoms with Crippen molar-refractivity contribution in [3.63, 3.8) is 0 Å². The maximum atomic E-state index is 11.7. The van der Waals surface area contributed by atoms with Crippen molar-refractivity contribution >= 4 is 5.97 Å². The number of aliphatic hydroxyl groups is 1. The first-order valence-corrected chi connectivity index (χ1v) is 6.72. The van der Waals surface area contributed by atoms with Crippen LogP contribution >= 0.6 is 0 Å². The molecule has 1 N–H and O–H groups in total. The van der Waals surface area contributed by atoms with Crippen LogP contribution in [-0.4, -0.2) is 24.8 Å². The largest absolute Gasteiger partial charge is 0.496 e. The molecule has 1 aromatic rings. The minimum Gasteiger partial charge on any atom is -0.496 e. The molecular formula is C15H20O4. The Bertz CT molecular complexity index is 467. The van der Waals surface area contributed by atoms with Gasteiger partial charge in [-0.05, 0) is 55.4 Å². The Morgan fingerprint density at radius 1 is 1.32 bits per heavy atom. The van der Waals surface area contributed by atoms with Crippen LogP contribution in [0.1, 0.15) is 42.6 Å². The number of carbonyl (C=O) groups is 1. The molecule has 1 unspecified atom stereocenters. The first-order valence-electron chi connectivity index (χ1n) is 6.72. The van der Waals surface area contributed by atoms with E-state index >= 15 is 0 Å². The average molecular weight is 264 g/mol. The Morgan fingerprint density at radius 3 is 2.63 bits per heavy atom. The number of rotatable bonds is 4. The highest BCUT2D eigenvalue weighted by Gasteiger charge is 2.26. The monoisotopic (exact) mass is 264 g/mol. The highest BCUT2D eigenvalue weighted by atomic mass is 16.5. The molecule has 1 aliphatic carbocycles. The van der Waals surface area contributed by atoms with Crippen LogP contribution < -0.4 is 4.74 Å². The average Bonchev–Trinajstić information content (AvgIpc) is 2.45. The Labute approximate surface area is 113 Å². The molecule has 4 nitrogen and oxygen atoms in total. The second kappa shape index (κ2) is 6.06. The highest BCUT2D eigenvalue weighted by molar-refractivity contribution is 5.77. The maximum absolute atomic E-state index is 11.7. The molecule has 1 aromatic carbocycles. The van der Waals surface area contributed by atoms with Gasteiger partial charge in [-0.1, -0.05) is 6.07 Å². The molecule has 0 saturated heterocycles. The predicted octanol–water partition coefficient (Wildman–Crippen LogP) is 2.17. The lowest BCUT2D eigenvalue weighted by molar-refractivity contribution is -0.153. The normalized spacial score (nSPS) is 15.5. The van der Waals surface area contributed by atoms with Gasteiger partial charge in [0.25, 0.3) is 0 Å². The highest BCUT2D eigenvalue weighted by Crippen LogP contribution is 2.34. The summed E-state index contributed by atoms with van der Waals surface area (Å²) in [6.07, 6.45) is 2.79. The van der Waals surface area contributed by atoms with Crippen molar-refractivity contribution in [2.75, 3.05) is 13.7 Å². The van der Waals surface area contributed by atoms with Crippen LogP contribution in [0.5, 0.6) is 5.75 Å². The molecule has 0 bridgehead atoms. The molecule has 19 heavy (non-hydrogen) atoms. The molecule has 4 heteroatoms. The molecule has 0 aromatic heterocycles. The molecule has 0 spiro atoms. The zero-order valence-corrected chi connectivity index (χ0v) is 11.4. The molecular weight excluding hydrogens is 244 g/mol. The topological polar surface area (TPSA) is 55.8 Å². The Kier molecular flexibility index (Phi) is 4.43. The van der Waals surface area contributed by atoms with Gasteiger partial charge < -0.3 is 14.6 Å². The van der Waals surface area contributed by atoms with E-state index in [-0.39, 0.29) is 6.61 Å². The quantitative estimate of drug-likeness (QED) is 0.847. The number of esters is 1. The molecule has 104 valence electrons. The number of benzene rings is 1. The summed E-state index contributed by atoms with van der Waals surface area (Å²) in [4.78, 5) is 11.7. The third kappa shape index (κ3) is 2.73. The van der Waals surface area contributed by atoms with Gasteiger partial charge in [-0.3, -0.25) is 0 Å². The number of hydrogen-bond donors (Lipinski definition) is 1. The number of fused-ring (bicyclic) bond motifs is 1. The first kappa shape index (κ1) is 13.9. The van der Waals surface area contributed by atoms with E-state index in [4.69, 9.17) is 9.47 Å². The summed E-state index contributed by atoms with van der Waals surface area (Å²) in [5, 5.41) is 10.1. The van der Waals surface area contributed by atoms with Crippen molar-refractivity contribution in [2.45, 2.75) is 38.7 Å². The van der Waals surface area contributed by atoms with Gasteiger partial charge >= 0.3 is 5.97 Å². The lowest BCUT2D eigenvalue weighted by Crippen LogP contribution is -2.19.